The van der Waals surface area contributed by atoms with Crippen LogP contribution in [0.5, 0.6) is 0 Å². The molecule has 0 spiro atoms. The quantitative estimate of drug-likeness (QED) is 0.630. The van der Waals surface area contributed by atoms with E-state index in [9.17, 15) is 0 Å². The molecular weight excluding hydrogens is 186 g/mol. The van der Waals surface area contributed by atoms with E-state index in [4.69, 9.17) is 16.4 Å². The van der Waals surface area contributed by atoms with E-state index in [0.29, 0.717) is 11.3 Å². The molecule has 0 bridgehead atoms. The number of rotatable bonds is 2. The summed E-state index contributed by atoms with van der Waals surface area (Å²) >= 11 is 5.73. The molecule has 0 aromatic carbocycles. The molecule has 0 N–H and O–H groups in total. The average molecular weight is 202 g/mol. The molecule has 1 atom stereocenters. The molecule has 0 aromatic heterocycles. The molecule has 1 unspecified atom stereocenters. The van der Waals surface area contributed by atoms with Gasteiger partial charge in [-0.2, -0.15) is 0 Å². The van der Waals surface area contributed by atoms with E-state index in [-0.39, 0.29) is 6.10 Å². The Balaban J connectivity index is 2.02. The third-order valence-electron chi connectivity index (χ3n) is 3.31. The molecule has 1 aliphatic heterocycles. The predicted octanol–water partition coefficient (Wildman–Crippen LogP) is 2.95. The first kappa shape index (κ1) is 9.32. The van der Waals surface area contributed by atoms with Crippen molar-refractivity contribution in [1.29, 1.82) is 0 Å². The van der Waals surface area contributed by atoms with Gasteiger partial charge in [0.15, 0.2) is 0 Å². The van der Waals surface area contributed by atoms with E-state index in [1.54, 1.807) is 0 Å². The Kier molecular flexibility index (Phi) is 2.50. The minimum Gasteiger partial charge on any atom is -0.391 e. The maximum Gasteiger partial charge on any atom is 0.146 e. The molecular formula is C10H16ClNO. The van der Waals surface area contributed by atoms with E-state index >= 15 is 0 Å². The number of alkyl halides is 1. The Hall–Kier alpha value is -0.240. The Morgan fingerprint density at radius 1 is 1.54 bits per heavy atom. The van der Waals surface area contributed by atoms with Crippen LogP contribution in [0, 0.1) is 5.41 Å². The Morgan fingerprint density at radius 3 is 2.77 bits per heavy atom. The molecule has 1 saturated carbocycles. The van der Waals surface area contributed by atoms with Crippen molar-refractivity contribution >= 4 is 17.3 Å². The highest BCUT2D eigenvalue weighted by Crippen LogP contribution is 2.41. The van der Waals surface area contributed by atoms with Crippen molar-refractivity contribution in [2.45, 2.75) is 45.1 Å². The summed E-state index contributed by atoms with van der Waals surface area (Å²) in [4.78, 5) is 5.25. The molecule has 74 valence electrons. The van der Waals surface area contributed by atoms with Crippen LogP contribution >= 0.6 is 11.6 Å². The fraction of sp³-hybridized carbons (Fsp3) is 0.900. The van der Waals surface area contributed by atoms with Crippen LogP contribution in [0.15, 0.2) is 5.16 Å². The molecule has 1 heterocycles. The molecule has 3 heteroatoms. The second-order valence-electron chi connectivity index (χ2n) is 4.39. The van der Waals surface area contributed by atoms with Crippen molar-refractivity contribution in [3.05, 3.63) is 0 Å². The van der Waals surface area contributed by atoms with Gasteiger partial charge in [0, 0.05) is 11.8 Å². The van der Waals surface area contributed by atoms with Gasteiger partial charge in [-0.05, 0) is 12.8 Å². The highest BCUT2D eigenvalue weighted by Gasteiger charge is 2.38. The predicted molar refractivity (Wildman–Crippen MR) is 54.2 cm³/mol. The number of hydrogen-bond donors (Lipinski definition) is 0. The van der Waals surface area contributed by atoms with Crippen molar-refractivity contribution < 1.29 is 4.84 Å². The third kappa shape index (κ3) is 1.69. The monoisotopic (exact) mass is 201 g/mol. The van der Waals surface area contributed by atoms with Crippen LogP contribution in [-0.2, 0) is 4.84 Å². The first-order valence-electron chi connectivity index (χ1n) is 5.04. The molecule has 2 rings (SSSR count). The van der Waals surface area contributed by atoms with Crippen molar-refractivity contribution in [2.75, 3.05) is 5.88 Å². The van der Waals surface area contributed by atoms with Crippen LogP contribution in [0.1, 0.15) is 39.0 Å². The summed E-state index contributed by atoms with van der Waals surface area (Å²) in [7, 11) is 0. The lowest BCUT2D eigenvalue weighted by Crippen LogP contribution is -2.24. The molecule has 2 nitrogen and oxygen atoms in total. The van der Waals surface area contributed by atoms with Gasteiger partial charge < -0.3 is 4.84 Å². The van der Waals surface area contributed by atoms with Crippen molar-refractivity contribution in [2.24, 2.45) is 10.6 Å². The molecule has 0 aromatic rings. The Morgan fingerprint density at radius 2 is 2.23 bits per heavy atom. The molecule has 1 aliphatic carbocycles. The molecule has 2 aliphatic rings. The van der Waals surface area contributed by atoms with E-state index in [2.05, 4.69) is 12.1 Å². The summed E-state index contributed by atoms with van der Waals surface area (Å²) in [5.74, 6) is 0.559. The van der Waals surface area contributed by atoms with Crippen LogP contribution < -0.4 is 0 Å². The maximum absolute atomic E-state index is 5.73. The van der Waals surface area contributed by atoms with Gasteiger partial charge in [-0.25, -0.2) is 0 Å². The Labute approximate surface area is 84.3 Å². The van der Waals surface area contributed by atoms with Gasteiger partial charge in [-0.1, -0.05) is 24.9 Å². The first-order chi connectivity index (χ1) is 6.24. The number of halogens is 1. The van der Waals surface area contributed by atoms with E-state index in [1.165, 1.54) is 31.4 Å². The minimum absolute atomic E-state index is 0.133. The second kappa shape index (κ2) is 3.49. The zero-order valence-corrected chi connectivity index (χ0v) is 8.81. The Bertz CT molecular complexity index is 221. The summed E-state index contributed by atoms with van der Waals surface area (Å²) < 4.78 is 0. The molecule has 1 fully saturated rings. The zero-order valence-electron chi connectivity index (χ0n) is 8.05. The SMILES string of the molecule is CC1(C2=NOC(CCl)C2)CCCC1. The van der Waals surface area contributed by atoms with Crippen molar-refractivity contribution in [1.82, 2.24) is 0 Å². The van der Waals surface area contributed by atoms with Crippen LogP contribution in [0.25, 0.3) is 0 Å². The fourth-order valence-corrected chi connectivity index (χ4v) is 2.48. The third-order valence-corrected chi connectivity index (χ3v) is 3.65. The number of oxime groups is 1. The summed E-state index contributed by atoms with van der Waals surface area (Å²) in [6.07, 6.45) is 6.28. The highest BCUT2D eigenvalue weighted by molar-refractivity contribution is 6.18. The van der Waals surface area contributed by atoms with E-state index in [1.807, 2.05) is 0 Å². The summed E-state index contributed by atoms with van der Waals surface area (Å²) in [5.41, 5.74) is 1.57. The van der Waals surface area contributed by atoms with E-state index in [0.717, 1.165) is 6.42 Å². The van der Waals surface area contributed by atoms with Crippen LogP contribution in [0.4, 0.5) is 0 Å². The topological polar surface area (TPSA) is 21.6 Å². The molecule has 13 heavy (non-hydrogen) atoms. The van der Waals surface area contributed by atoms with Crippen LogP contribution in [-0.4, -0.2) is 17.7 Å². The van der Waals surface area contributed by atoms with Gasteiger partial charge in [0.2, 0.25) is 0 Å². The summed E-state index contributed by atoms with van der Waals surface area (Å²) in [5, 5.41) is 4.17. The standard InChI is InChI=1S/C10H16ClNO/c1-10(4-2-3-5-10)9-6-8(7-11)13-12-9/h8H,2-7H2,1H3. The highest BCUT2D eigenvalue weighted by atomic mass is 35.5. The van der Waals surface area contributed by atoms with Crippen molar-refractivity contribution in [3.63, 3.8) is 0 Å². The van der Waals surface area contributed by atoms with Gasteiger partial charge in [0.25, 0.3) is 0 Å². The number of hydrogen-bond acceptors (Lipinski definition) is 2. The van der Waals surface area contributed by atoms with Gasteiger partial charge in [0.1, 0.15) is 6.10 Å². The summed E-state index contributed by atoms with van der Waals surface area (Å²) in [6, 6.07) is 0. The zero-order chi connectivity index (χ0) is 9.31. The van der Waals surface area contributed by atoms with Gasteiger partial charge in [-0.15, -0.1) is 11.6 Å². The number of nitrogens with zero attached hydrogens (tertiary/aromatic N) is 1. The smallest absolute Gasteiger partial charge is 0.146 e. The average Bonchev–Trinajstić information content (AvgIpc) is 2.72. The lowest BCUT2D eigenvalue weighted by molar-refractivity contribution is 0.102. The normalized spacial score (nSPS) is 31.5. The van der Waals surface area contributed by atoms with Crippen molar-refractivity contribution in [3.8, 4) is 0 Å². The largest absolute Gasteiger partial charge is 0.391 e. The fourth-order valence-electron chi connectivity index (χ4n) is 2.31. The van der Waals surface area contributed by atoms with Gasteiger partial charge in [0.05, 0.1) is 11.6 Å². The second-order valence-corrected chi connectivity index (χ2v) is 4.70. The van der Waals surface area contributed by atoms with Crippen LogP contribution in [0.3, 0.4) is 0 Å². The van der Waals surface area contributed by atoms with Gasteiger partial charge in [-0.3, -0.25) is 0 Å². The van der Waals surface area contributed by atoms with Gasteiger partial charge >= 0.3 is 0 Å². The maximum atomic E-state index is 5.73. The molecule has 0 radical (unpaired) electrons. The minimum atomic E-state index is 0.133. The lowest BCUT2D eigenvalue weighted by atomic mass is 9.81. The molecule has 0 saturated heterocycles. The van der Waals surface area contributed by atoms with E-state index < -0.39 is 0 Å². The lowest BCUT2D eigenvalue weighted by Gasteiger charge is -2.21. The van der Waals surface area contributed by atoms with Crippen LogP contribution in [0.2, 0.25) is 0 Å². The first-order valence-corrected chi connectivity index (χ1v) is 5.57. The summed E-state index contributed by atoms with van der Waals surface area (Å²) in [6.45, 7) is 2.30. The molecule has 0 amide bonds.